The van der Waals surface area contributed by atoms with E-state index in [1.54, 1.807) is 6.92 Å². The highest BCUT2D eigenvalue weighted by atomic mass is 35.5. The summed E-state index contributed by atoms with van der Waals surface area (Å²) in [6, 6.07) is 3.36. The van der Waals surface area contributed by atoms with Gasteiger partial charge < -0.3 is 4.74 Å². The van der Waals surface area contributed by atoms with Crippen LogP contribution in [0.2, 0.25) is 5.02 Å². The summed E-state index contributed by atoms with van der Waals surface area (Å²) in [5.74, 6) is -0.366. The molecule has 0 aliphatic carbocycles. The molecule has 1 aromatic heterocycles. The van der Waals surface area contributed by atoms with Crippen molar-refractivity contribution in [1.82, 2.24) is 4.98 Å². The van der Waals surface area contributed by atoms with Gasteiger partial charge in [-0.1, -0.05) is 11.6 Å². The molecule has 0 atom stereocenters. The molecule has 0 bridgehead atoms. The van der Waals surface area contributed by atoms with Crippen molar-refractivity contribution < 1.29 is 9.53 Å². The second-order valence-corrected chi connectivity index (χ2v) is 3.16. The van der Waals surface area contributed by atoms with E-state index >= 15 is 0 Å². The van der Waals surface area contributed by atoms with Crippen LogP contribution in [0, 0.1) is 11.3 Å². The minimum atomic E-state index is -0.366. The zero-order valence-corrected chi connectivity index (χ0v) is 8.91. The first-order valence-corrected chi connectivity index (χ1v) is 4.75. The SMILES string of the molecule is CCOC(=O)Cc1cc(C#N)ncc1Cl. The van der Waals surface area contributed by atoms with Gasteiger partial charge in [-0.25, -0.2) is 4.98 Å². The van der Waals surface area contributed by atoms with Crippen LogP contribution in [0.15, 0.2) is 12.3 Å². The molecule has 0 aliphatic heterocycles. The number of ether oxygens (including phenoxy) is 1. The molecule has 0 saturated heterocycles. The first-order chi connectivity index (χ1) is 7.17. The van der Waals surface area contributed by atoms with Gasteiger partial charge in [0.25, 0.3) is 0 Å². The van der Waals surface area contributed by atoms with Crippen LogP contribution in [0.25, 0.3) is 0 Å². The third-order valence-electron chi connectivity index (χ3n) is 1.69. The number of carbonyl (C=O) groups is 1. The standard InChI is InChI=1S/C10H9ClN2O2/c1-2-15-10(14)4-7-3-8(5-12)13-6-9(7)11/h3,6H,2,4H2,1H3. The molecule has 0 unspecified atom stereocenters. The molecule has 0 spiro atoms. The van der Waals surface area contributed by atoms with Crippen molar-refractivity contribution >= 4 is 17.6 Å². The van der Waals surface area contributed by atoms with E-state index in [0.717, 1.165) is 0 Å². The fourth-order valence-electron chi connectivity index (χ4n) is 1.04. The normalized spacial score (nSPS) is 9.40. The maximum absolute atomic E-state index is 11.2. The molecular formula is C10H9ClN2O2. The first-order valence-electron chi connectivity index (χ1n) is 4.37. The van der Waals surface area contributed by atoms with Gasteiger partial charge in [0.1, 0.15) is 11.8 Å². The summed E-state index contributed by atoms with van der Waals surface area (Å²) < 4.78 is 4.77. The Hall–Kier alpha value is -1.60. The van der Waals surface area contributed by atoms with Gasteiger partial charge in [0.15, 0.2) is 0 Å². The van der Waals surface area contributed by atoms with Gasteiger partial charge >= 0.3 is 5.97 Å². The van der Waals surface area contributed by atoms with Crippen molar-refractivity contribution in [2.24, 2.45) is 0 Å². The second-order valence-electron chi connectivity index (χ2n) is 2.75. The topological polar surface area (TPSA) is 63.0 Å². The molecular weight excluding hydrogens is 216 g/mol. The van der Waals surface area contributed by atoms with E-state index in [1.165, 1.54) is 12.3 Å². The van der Waals surface area contributed by atoms with Gasteiger partial charge in [-0.05, 0) is 18.6 Å². The van der Waals surface area contributed by atoms with Crippen LogP contribution < -0.4 is 0 Å². The third kappa shape index (κ3) is 3.22. The van der Waals surface area contributed by atoms with Gasteiger partial charge in [-0.3, -0.25) is 4.79 Å². The van der Waals surface area contributed by atoms with Crippen LogP contribution in [-0.2, 0) is 16.0 Å². The number of carbonyl (C=O) groups excluding carboxylic acids is 1. The number of pyridine rings is 1. The summed E-state index contributed by atoms with van der Waals surface area (Å²) >= 11 is 5.82. The summed E-state index contributed by atoms with van der Waals surface area (Å²) in [5, 5.41) is 8.98. The Bertz CT molecular complexity index is 412. The lowest BCUT2D eigenvalue weighted by Gasteiger charge is -2.03. The smallest absolute Gasteiger partial charge is 0.310 e. The lowest BCUT2D eigenvalue weighted by molar-refractivity contribution is -0.142. The molecule has 5 heteroatoms. The van der Waals surface area contributed by atoms with Crippen LogP contribution in [0.1, 0.15) is 18.2 Å². The fraction of sp³-hybridized carbons (Fsp3) is 0.300. The molecule has 0 radical (unpaired) electrons. The van der Waals surface area contributed by atoms with E-state index in [1.807, 2.05) is 6.07 Å². The van der Waals surface area contributed by atoms with Crippen molar-refractivity contribution in [3.8, 4) is 6.07 Å². The number of hydrogen-bond donors (Lipinski definition) is 0. The van der Waals surface area contributed by atoms with E-state index in [4.69, 9.17) is 21.6 Å². The van der Waals surface area contributed by atoms with E-state index in [9.17, 15) is 4.79 Å². The van der Waals surface area contributed by atoms with E-state index in [2.05, 4.69) is 4.98 Å². The van der Waals surface area contributed by atoms with E-state index in [0.29, 0.717) is 17.2 Å². The van der Waals surface area contributed by atoms with Gasteiger partial charge in [-0.15, -0.1) is 0 Å². The lowest BCUT2D eigenvalue weighted by atomic mass is 10.2. The number of nitrogens with zero attached hydrogens (tertiary/aromatic N) is 2. The number of nitriles is 1. The zero-order valence-electron chi connectivity index (χ0n) is 8.16. The molecule has 1 rings (SSSR count). The molecule has 0 aromatic carbocycles. The zero-order chi connectivity index (χ0) is 11.3. The monoisotopic (exact) mass is 224 g/mol. The summed E-state index contributed by atoms with van der Waals surface area (Å²) in [5.41, 5.74) is 0.792. The minimum absolute atomic E-state index is 0.0594. The summed E-state index contributed by atoms with van der Waals surface area (Å²) in [4.78, 5) is 14.9. The molecule has 0 fully saturated rings. The average molecular weight is 225 g/mol. The number of esters is 1. The Balaban J connectivity index is 2.85. The Morgan fingerprint density at radius 2 is 2.47 bits per heavy atom. The van der Waals surface area contributed by atoms with Gasteiger partial charge in [0.05, 0.1) is 18.1 Å². The molecule has 15 heavy (non-hydrogen) atoms. The van der Waals surface area contributed by atoms with E-state index < -0.39 is 0 Å². The van der Waals surface area contributed by atoms with Crippen molar-refractivity contribution in [3.05, 3.63) is 28.5 Å². The predicted octanol–water partition coefficient (Wildman–Crippen LogP) is 1.71. The molecule has 0 saturated carbocycles. The minimum Gasteiger partial charge on any atom is -0.466 e. The van der Waals surface area contributed by atoms with Crippen LogP contribution in [0.5, 0.6) is 0 Å². The highest BCUT2D eigenvalue weighted by Gasteiger charge is 2.09. The Morgan fingerprint density at radius 3 is 3.07 bits per heavy atom. The second kappa shape index (κ2) is 5.32. The lowest BCUT2D eigenvalue weighted by Crippen LogP contribution is -2.08. The van der Waals surface area contributed by atoms with Crippen LogP contribution >= 0.6 is 11.6 Å². The van der Waals surface area contributed by atoms with Crippen LogP contribution in [-0.4, -0.2) is 17.6 Å². The Morgan fingerprint density at radius 1 is 1.73 bits per heavy atom. The average Bonchev–Trinajstić information content (AvgIpc) is 2.21. The first kappa shape index (κ1) is 11.5. The van der Waals surface area contributed by atoms with E-state index in [-0.39, 0.29) is 18.1 Å². The highest BCUT2D eigenvalue weighted by Crippen LogP contribution is 2.16. The maximum Gasteiger partial charge on any atom is 0.310 e. The number of rotatable bonds is 3. The van der Waals surface area contributed by atoms with Crippen molar-refractivity contribution in [2.75, 3.05) is 6.61 Å². The number of aromatic nitrogens is 1. The van der Waals surface area contributed by atoms with Crippen molar-refractivity contribution in [2.45, 2.75) is 13.3 Å². The maximum atomic E-state index is 11.2. The molecule has 0 amide bonds. The molecule has 1 aromatic rings. The Kier molecular flexibility index (Phi) is 4.07. The summed E-state index contributed by atoms with van der Waals surface area (Å²) in [6.07, 6.45) is 1.42. The molecule has 0 N–H and O–H groups in total. The van der Waals surface area contributed by atoms with Crippen molar-refractivity contribution in [1.29, 1.82) is 5.26 Å². The molecule has 0 aliphatic rings. The highest BCUT2D eigenvalue weighted by molar-refractivity contribution is 6.31. The quantitative estimate of drug-likeness (QED) is 0.734. The van der Waals surface area contributed by atoms with Gasteiger partial charge in [-0.2, -0.15) is 5.26 Å². The summed E-state index contributed by atoms with van der Waals surface area (Å²) in [6.45, 7) is 2.05. The Labute approximate surface area is 92.4 Å². The number of halogens is 1. The van der Waals surface area contributed by atoms with Gasteiger partial charge in [0, 0.05) is 6.20 Å². The molecule has 4 nitrogen and oxygen atoms in total. The molecule has 78 valence electrons. The van der Waals surface area contributed by atoms with Crippen molar-refractivity contribution in [3.63, 3.8) is 0 Å². The number of hydrogen-bond acceptors (Lipinski definition) is 4. The fourth-order valence-corrected chi connectivity index (χ4v) is 1.21. The predicted molar refractivity (Wildman–Crippen MR) is 54.3 cm³/mol. The van der Waals surface area contributed by atoms with Crippen LogP contribution in [0.3, 0.4) is 0 Å². The largest absolute Gasteiger partial charge is 0.466 e. The van der Waals surface area contributed by atoms with Gasteiger partial charge in [0.2, 0.25) is 0 Å². The summed E-state index contributed by atoms with van der Waals surface area (Å²) in [7, 11) is 0. The van der Waals surface area contributed by atoms with Crippen LogP contribution in [0.4, 0.5) is 0 Å². The molecule has 1 heterocycles. The third-order valence-corrected chi connectivity index (χ3v) is 2.03.